The number of rotatable bonds is 7. The van der Waals surface area contributed by atoms with Crippen molar-refractivity contribution in [1.82, 2.24) is 5.32 Å². The Hall–Kier alpha value is -1.84. The number of nitrogens with one attached hydrogen (secondary N) is 3. The first-order chi connectivity index (χ1) is 12.3. The van der Waals surface area contributed by atoms with E-state index in [4.69, 9.17) is 4.74 Å². The van der Waals surface area contributed by atoms with E-state index in [1.54, 1.807) is 32.0 Å². The van der Waals surface area contributed by atoms with Gasteiger partial charge in [0.1, 0.15) is 0 Å². The monoisotopic (exact) mass is 385 g/mol. The number of sulfonamides is 1. The fourth-order valence-corrected chi connectivity index (χ4v) is 3.54. The maximum atomic E-state index is 12.2. The van der Waals surface area contributed by atoms with Crippen LogP contribution in [0.15, 0.2) is 18.2 Å². The van der Waals surface area contributed by atoms with Crippen LogP contribution in [0.4, 0.5) is 16.2 Å². The summed E-state index contributed by atoms with van der Waals surface area (Å²) in [6, 6.07) is 4.13. The SMILES string of the molecule is CCS(=O)(=O)Nc1ccc(NC(=O)NC(CO)C2CCCOC2)cc1C. The van der Waals surface area contributed by atoms with E-state index in [1.807, 2.05) is 0 Å². The Balaban J connectivity index is 1.96. The summed E-state index contributed by atoms with van der Waals surface area (Å²) in [5, 5.41) is 15.0. The van der Waals surface area contributed by atoms with Crippen molar-refractivity contribution in [3.63, 3.8) is 0 Å². The zero-order valence-electron chi connectivity index (χ0n) is 15.1. The van der Waals surface area contributed by atoms with Gasteiger partial charge in [-0.2, -0.15) is 0 Å². The van der Waals surface area contributed by atoms with Gasteiger partial charge in [0.25, 0.3) is 0 Å². The molecule has 146 valence electrons. The number of hydrogen-bond donors (Lipinski definition) is 4. The average molecular weight is 385 g/mol. The molecular weight excluding hydrogens is 358 g/mol. The van der Waals surface area contributed by atoms with Gasteiger partial charge in [0.2, 0.25) is 10.0 Å². The zero-order valence-corrected chi connectivity index (χ0v) is 15.9. The maximum absolute atomic E-state index is 12.2. The predicted octanol–water partition coefficient (Wildman–Crippen LogP) is 1.67. The molecule has 2 amide bonds. The number of amides is 2. The van der Waals surface area contributed by atoms with Crippen molar-refractivity contribution in [3.8, 4) is 0 Å². The van der Waals surface area contributed by atoms with Crippen LogP contribution in [0.3, 0.4) is 0 Å². The number of anilines is 2. The van der Waals surface area contributed by atoms with Gasteiger partial charge in [-0.1, -0.05) is 0 Å². The molecule has 1 aliphatic rings. The Morgan fingerprint density at radius 3 is 2.77 bits per heavy atom. The molecule has 2 atom stereocenters. The number of aliphatic hydroxyl groups is 1. The molecule has 26 heavy (non-hydrogen) atoms. The molecule has 2 rings (SSSR count). The summed E-state index contributed by atoms with van der Waals surface area (Å²) >= 11 is 0. The Morgan fingerprint density at radius 1 is 1.42 bits per heavy atom. The topological polar surface area (TPSA) is 117 Å². The number of benzene rings is 1. The molecule has 4 N–H and O–H groups in total. The molecule has 2 unspecified atom stereocenters. The van der Waals surface area contributed by atoms with Crippen molar-refractivity contribution >= 4 is 27.4 Å². The first kappa shape index (κ1) is 20.5. The molecule has 8 nitrogen and oxygen atoms in total. The first-order valence-corrected chi connectivity index (χ1v) is 10.4. The van der Waals surface area contributed by atoms with Gasteiger partial charge in [-0.3, -0.25) is 4.72 Å². The summed E-state index contributed by atoms with van der Waals surface area (Å²) in [6.45, 7) is 4.41. The third-order valence-corrected chi connectivity index (χ3v) is 5.70. The highest BCUT2D eigenvalue weighted by molar-refractivity contribution is 7.92. The largest absolute Gasteiger partial charge is 0.394 e. The van der Waals surface area contributed by atoms with E-state index in [2.05, 4.69) is 15.4 Å². The van der Waals surface area contributed by atoms with Gasteiger partial charge in [-0.25, -0.2) is 13.2 Å². The third-order valence-electron chi connectivity index (χ3n) is 4.41. The van der Waals surface area contributed by atoms with Crippen LogP contribution in [0.25, 0.3) is 0 Å². The van der Waals surface area contributed by atoms with E-state index in [0.717, 1.165) is 12.8 Å². The highest BCUT2D eigenvalue weighted by Gasteiger charge is 2.25. The Kier molecular flexibility index (Phi) is 7.24. The molecule has 1 saturated heterocycles. The molecule has 9 heteroatoms. The van der Waals surface area contributed by atoms with Crippen LogP contribution in [0.5, 0.6) is 0 Å². The van der Waals surface area contributed by atoms with Gasteiger partial charge in [0.15, 0.2) is 0 Å². The summed E-state index contributed by atoms with van der Waals surface area (Å²) in [6.07, 6.45) is 1.82. The first-order valence-electron chi connectivity index (χ1n) is 8.72. The maximum Gasteiger partial charge on any atom is 0.319 e. The summed E-state index contributed by atoms with van der Waals surface area (Å²) < 4.78 is 31.2. The summed E-state index contributed by atoms with van der Waals surface area (Å²) in [4.78, 5) is 12.2. The second-order valence-corrected chi connectivity index (χ2v) is 8.41. The van der Waals surface area contributed by atoms with Crippen molar-refractivity contribution in [2.24, 2.45) is 5.92 Å². The van der Waals surface area contributed by atoms with Crippen LogP contribution in [0.1, 0.15) is 25.3 Å². The smallest absolute Gasteiger partial charge is 0.319 e. The lowest BCUT2D eigenvalue weighted by atomic mass is 9.94. The molecule has 1 fully saturated rings. The van der Waals surface area contributed by atoms with Crippen LogP contribution >= 0.6 is 0 Å². The minimum atomic E-state index is -3.35. The van der Waals surface area contributed by atoms with Crippen LogP contribution in [-0.4, -0.2) is 51.2 Å². The molecule has 0 saturated carbocycles. The van der Waals surface area contributed by atoms with Crippen molar-refractivity contribution in [2.75, 3.05) is 35.6 Å². The van der Waals surface area contributed by atoms with E-state index in [-0.39, 0.29) is 24.3 Å². The normalized spacial score (nSPS) is 18.8. The number of carbonyl (C=O) groups is 1. The lowest BCUT2D eigenvalue weighted by Crippen LogP contribution is -2.47. The summed E-state index contributed by atoms with van der Waals surface area (Å²) in [7, 11) is -3.35. The van der Waals surface area contributed by atoms with Crippen molar-refractivity contribution in [3.05, 3.63) is 23.8 Å². The van der Waals surface area contributed by atoms with Gasteiger partial charge >= 0.3 is 6.03 Å². The number of aryl methyl sites for hydroxylation is 1. The lowest BCUT2D eigenvalue weighted by molar-refractivity contribution is 0.0309. The number of urea groups is 1. The second-order valence-electron chi connectivity index (χ2n) is 6.40. The molecule has 0 aromatic heterocycles. The van der Waals surface area contributed by atoms with Gasteiger partial charge in [-0.05, 0) is 50.5 Å². The molecule has 1 aliphatic heterocycles. The standard InChI is InChI=1S/C17H27N3O5S/c1-3-26(23,24)20-15-7-6-14(9-12(15)2)18-17(22)19-16(10-21)13-5-4-8-25-11-13/h6-7,9,13,16,20-21H,3-5,8,10-11H2,1-2H3,(H2,18,19,22). The van der Waals surface area contributed by atoms with Gasteiger partial charge in [-0.15, -0.1) is 0 Å². The molecule has 0 aliphatic carbocycles. The van der Waals surface area contributed by atoms with Crippen molar-refractivity contribution < 1.29 is 23.1 Å². The molecule has 1 aromatic carbocycles. The third kappa shape index (κ3) is 5.86. The number of carbonyl (C=O) groups excluding carboxylic acids is 1. The molecular formula is C17H27N3O5S. The van der Waals surface area contributed by atoms with E-state index in [1.165, 1.54) is 0 Å². The van der Waals surface area contributed by atoms with E-state index in [9.17, 15) is 18.3 Å². The lowest BCUT2D eigenvalue weighted by Gasteiger charge is -2.29. The van der Waals surface area contributed by atoms with Crippen LogP contribution < -0.4 is 15.4 Å². The van der Waals surface area contributed by atoms with E-state index >= 15 is 0 Å². The van der Waals surface area contributed by atoms with E-state index in [0.29, 0.717) is 30.2 Å². The highest BCUT2D eigenvalue weighted by atomic mass is 32.2. The number of ether oxygens (including phenoxy) is 1. The fraction of sp³-hybridized carbons (Fsp3) is 0.588. The van der Waals surface area contributed by atoms with Crippen LogP contribution in [-0.2, 0) is 14.8 Å². The van der Waals surface area contributed by atoms with Crippen LogP contribution in [0, 0.1) is 12.8 Å². The predicted molar refractivity (Wildman–Crippen MR) is 101 cm³/mol. The van der Waals surface area contributed by atoms with Crippen molar-refractivity contribution in [1.29, 1.82) is 0 Å². The molecule has 0 radical (unpaired) electrons. The molecule has 0 bridgehead atoms. The summed E-state index contributed by atoms with van der Waals surface area (Å²) in [5.74, 6) is 0.0782. The van der Waals surface area contributed by atoms with Crippen LogP contribution in [0.2, 0.25) is 0 Å². The molecule has 0 spiro atoms. The van der Waals surface area contributed by atoms with Crippen molar-refractivity contribution in [2.45, 2.75) is 32.7 Å². The molecule has 1 heterocycles. The number of aliphatic hydroxyl groups excluding tert-OH is 1. The fourth-order valence-electron chi connectivity index (χ4n) is 2.83. The highest BCUT2D eigenvalue weighted by Crippen LogP contribution is 2.21. The minimum Gasteiger partial charge on any atom is -0.394 e. The molecule has 1 aromatic rings. The zero-order chi connectivity index (χ0) is 19.2. The summed E-state index contributed by atoms with van der Waals surface area (Å²) in [5.41, 5.74) is 1.71. The Morgan fingerprint density at radius 2 is 2.19 bits per heavy atom. The minimum absolute atomic E-state index is 0.0116. The Labute approximate surface area is 154 Å². The van der Waals surface area contributed by atoms with Gasteiger partial charge in [0.05, 0.1) is 30.7 Å². The average Bonchev–Trinajstić information content (AvgIpc) is 2.62. The quantitative estimate of drug-likeness (QED) is 0.570. The van der Waals surface area contributed by atoms with Gasteiger partial charge in [0, 0.05) is 18.2 Å². The number of hydrogen-bond acceptors (Lipinski definition) is 5. The van der Waals surface area contributed by atoms with Gasteiger partial charge < -0.3 is 20.5 Å². The second kappa shape index (κ2) is 9.20. The Bertz CT molecular complexity index is 717. The van der Waals surface area contributed by atoms with E-state index < -0.39 is 16.1 Å².